The minimum Gasteiger partial charge on any atom is -0.287 e. The molecule has 2 fully saturated rings. The van der Waals surface area contributed by atoms with Gasteiger partial charge in [0, 0.05) is 13.1 Å². The molecule has 0 N–H and O–H groups in total. The highest BCUT2D eigenvalue weighted by molar-refractivity contribution is 7.13. The first kappa shape index (κ1) is 6.12. The van der Waals surface area contributed by atoms with Crippen LogP contribution in [0.25, 0.3) is 0 Å². The first-order valence-corrected chi connectivity index (χ1v) is 4.34. The van der Waals surface area contributed by atoms with Gasteiger partial charge in [-0.2, -0.15) is 0 Å². The number of piperidine rings is 1. The fourth-order valence-electron chi connectivity index (χ4n) is 2.29. The monoisotopic (exact) mass is 143 g/mol. The van der Waals surface area contributed by atoms with Gasteiger partial charge in [-0.3, -0.25) is 4.67 Å². The molecule has 0 amide bonds. The molecule has 2 heteroatoms. The van der Waals surface area contributed by atoms with Gasteiger partial charge in [-0.05, 0) is 17.8 Å². The van der Waals surface area contributed by atoms with E-state index < -0.39 is 0 Å². The minimum atomic E-state index is 1.08. The van der Waals surface area contributed by atoms with Crippen LogP contribution in [0, 0.1) is 17.8 Å². The molecular formula is C7H14NP. The van der Waals surface area contributed by atoms with Crippen LogP contribution >= 0.6 is 9.39 Å². The standard InChI is InChI=1S/C7H14NP/c1-2-5-6-3-8(9)4-7(5)6/h5-7H,2-4,9H2,1H3/t5-,6-,7+. The fourth-order valence-corrected chi connectivity index (χ4v) is 2.77. The molecule has 0 aromatic heterocycles. The van der Waals surface area contributed by atoms with Crippen LogP contribution in [0.2, 0.25) is 0 Å². The summed E-state index contributed by atoms with van der Waals surface area (Å²) in [6.07, 6.45) is 1.41. The first-order chi connectivity index (χ1) is 4.33. The van der Waals surface area contributed by atoms with Gasteiger partial charge in [-0.15, -0.1) is 0 Å². The Hall–Kier alpha value is 0.390. The summed E-state index contributed by atoms with van der Waals surface area (Å²) < 4.78 is 2.38. The molecule has 1 aliphatic heterocycles. The third-order valence-corrected chi connectivity index (χ3v) is 3.29. The lowest BCUT2D eigenvalue weighted by molar-refractivity contribution is 0.455. The van der Waals surface area contributed by atoms with E-state index in [9.17, 15) is 0 Å². The van der Waals surface area contributed by atoms with E-state index in [1.807, 2.05) is 0 Å². The Labute approximate surface area is 59.1 Å². The van der Waals surface area contributed by atoms with Gasteiger partial charge in [0.25, 0.3) is 0 Å². The second kappa shape index (κ2) is 1.93. The van der Waals surface area contributed by atoms with E-state index in [2.05, 4.69) is 21.0 Å². The van der Waals surface area contributed by atoms with Crippen LogP contribution in [0.15, 0.2) is 0 Å². The van der Waals surface area contributed by atoms with Crippen molar-refractivity contribution < 1.29 is 0 Å². The second-order valence-corrected chi connectivity index (χ2v) is 4.08. The lowest BCUT2D eigenvalue weighted by Crippen LogP contribution is -2.11. The molecule has 4 atom stereocenters. The third kappa shape index (κ3) is 0.824. The van der Waals surface area contributed by atoms with Crippen molar-refractivity contribution >= 4 is 9.39 Å². The maximum atomic E-state index is 2.80. The van der Waals surface area contributed by atoms with Gasteiger partial charge in [0.15, 0.2) is 0 Å². The molecule has 52 valence electrons. The van der Waals surface area contributed by atoms with E-state index in [-0.39, 0.29) is 0 Å². The van der Waals surface area contributed by atoms with Crippen LogP contribution in [0.5, 0.6) is 0 Å². The summed E-state index contributed by atoms with van der Waals surface area (Å²) >= 11 is 0. The number of hydrogen-bond donors (Lipinski definition) is 0. The highest BCUT2D eigenvalue weighted by atomic mass is 31.0. The second-order valence-electron chi connectivity index (χ2n) is 3.35. The Morgan fingerprint density at radius 1 is 1.44 bits per heavy atom. The molecule has 2 rings (SSSR count). The van der Waals surface area contributed by atoms with Crippen molar-refractivity contribution in [3.63, 3.8) is 0 Å². The predicted molar refractivity (Wildman–Crippen MR) is 42.0 cm³/mol. The van der Waals surface area contributed by atoms with Gasteiger partial charge in [0.2, 0.25) is 0 Å². The van der Waals surface area contributed by atoms with Crippen LogP contribution < -0.4 is 0 Å². The molecule has 0 spiro atoms. The molecule has 0 bridgehead atoms. The number of fused-ring (bicyclic) bond motifs is 1. The van der Waals surface area contributed by atoms with E-state index in [1.54, 1.807) is 0 Å². The van der Waals surface area contributed by atoms with Crippen molar-refractivity contribution in [1.82, 2.24) is 4.67 Å². The van der Waals surface area contributed by atoms with Gasteiger partial charge in [-0.1, -0.05) is 22.7 Å². The van der Waals surface area contributed by atoms with Gasteiger partial charge in [0.05, 0.1) is 0 Å². The first-order valence-electron chi connectivity index (χ1n) is 3.82. The summed E-state index contributed by atoms with van der Waals surface area (Å²) in [4.78, 5) is 0. The molecule has 9 heavy (non-hydrogen) atoms. The minimum absolute atomic E-state index is 1.08. The van der Waals surface area contributed by atoms with Gasteiger partial charge >= 0.3 is 0 Å². The normalized spacial score (nSPS) is 49.3. The van der Waals surface area contributed by atoms with Crippen LogP contribution in [-0.2, 0) is 0 Å². The highest BCUT2D eigenvalue weighted by Gasteiger charge is 2.53. The number of rotatable bonds is 1. The molecule has 1 unspecified atom stereocenters. The van der Waals surface area contributed by atoms with Crippen molar-refractivity contribution in [2.24, 2.45) is 17.8 Å². The molecule has 1 saturated heterocycles. The molecule has 2 aliphatic rings. The van der Waals surface area contributed by atoms with Crippen molar-refractivity contribution in [1.29, 1.82) is 0 Å². The maximum absolute atomic E-state index is 2.80. The molecule has 1 saturated carbocycles. The van der Waals surface area contributed by atoms with E-state index in [4.69, 9.17) is 0 Å². The Morgan fingerprint density at radius 3 is 2.44 bits per heavy atom. The molecule has 0 aromatic rings. The third-order valence-electron chi connectivity index (χ3n) is 2.87. The van der Waals surface area contributed by atoms with Gasteiger partial charge < -0.3 is 0 Å². The molecule has 0 aromatic carbocycles. The Kier molecular flexibility index (Phi) is 1.32. The fraction of sp³-hybridized carbons (Fsp3) is 1.00. The predicted octanol–water partition coefficient (Wildman–Crippen LogP) is 1.36. The molecule has 0 radical (unpaired) electrons. The molecule has 1 heterocycles. The van der Waals surface area contributed by atoms with Gasteiger partial charge in [0.1, 0.15) is 0 Å². The van der Waals surface area contributed by atoms with Crippen molar-refractivity contribution in [2.45, 2.75) is 13.3 Å². The highest BCUT2D eigenvalue weighted by Crippen LogP contribution is 2.53. The maximum Gasteiger partial charge on any atom is 0.00506 e. The van der Waals surface area contributed by atoms with Crippen LogP contribution in [0.1, 0.15) is 13.3 Å². The molecule has 1 nitrogen and oxygen atoms in total. The lowest BCUT2D eigenvalue weighted by Gasteiger charge is -2.10. The Morgan fingerprint density at radius 2 is 2.00 bits per heavy atom. The smallest absolute Gasteiger partial charge is 0.00506 e. The van der Waals surface area contributed by atoms with E-state index in [1.165, 1.54) is 19.5 Å². The summed E-state index contributed by atoms with van der Waals surface area (Å²) in [5.74, 6) is 3.25. The Bertz CT molecular complexity index is 114. The van der Waals surface area contributed by atoms with Crippen molar-refractivity contribution in [3.8, 4) is 0 Å². The SMILES string of the molecule is CC[C@@H]1[C@H]2CN(P)C[C@@H]12. The number of nitrogens with zero attached hydrogens (tertiary/aromatic N) is 1. The number of hydrogen-bond acceptors (Lipinski definition) is 1. The topological polar surface area (TPSA) is 3.24 Å². The zero-order valence-electron chi connectivity index (χ0n) is 5.88. The summed E-state index contributed by atoms with van der Waals surface area (Å²) in [5.41, 5.74) is 0. The summed E-state index contributed by atoms with van der Waals surface area (Å²) in [5, 5.41) is 0. The quantitative estimate of drug-likeness (QED) is 0.501. The zero-order valence-corrected chi connectivity index (χ0v) is 7.03. The summed E-state index contributed by atoms with van der Waals surface area (Å²) in [6.45, 7) is 5.00. The summed E-state index contributed by atoms with van der Waals surface area (Å²) in [6, 6.07) is 0. The van der Waals surface area contributed by atoms with E-state index in [0.29, 0.717) is 0 Å². The molecule has 1 aliphatic carbocycles. The van der Waals surface area contributed by atoms with Crippen LogP contribution in [0.4, 0.5) is 0 Å². The van der Waals surface area contributed by atoms with Crippen molar-refractivity contribution in [2.75, 3.05) is 13.1 Å². The van der Waals surface area contributed by atoms with Crippen LogP contribution in [0.3, 0.4) is 0 Å². The van der Waals surface area contributed by atoms with Crippen molar-refractivity contribution in [3.05, 3.63) is 0 Å². The largest absolute Gasteiger partial charge is 0.287 e. The summed E-state index contributed by atoms with van der Waals surface area (Å²) in [7, 11) is 2.80. The zero-order chi connectivity index (χ0) is 6.43. The van der Waals surface area contributed by atoms with E-state index >= 15 is 0 Å². The van der Waals surface area contributed by atoms with Gasteiger partial charge in [-0.25, -0.2) is 0 Å². The van der Waals surface area contributed by atoms with E-state index in [0.717, 1.165) is 17.8 Å². The van der Waals surface area contributed by atoms with Crippen LogP contribution in [-0.4, -0.2) is 17.8 Å². The lowest BCUT2D eigenvalue weighted by atomic mass is 10.2. The average Bonchev–Trinajstić information content (AvgIpc) is 2.30. The molecular weight excluding hydrogens is 129 g/mol. The average molecular weight is 143 g/mol. The Balaban J connectivity index is 1.91.